The number of aromatic nitrogens is 2. The minimum atomic E-state index is -4.76. The zero-order valence-electron chi connectivity index (χ0n) is 15.7. The third-order valence-electron chi connectivity index (χ3n) is 4.94. The van der Waals surface area contributed by atoms with E-state index in [1.807, 2.05) is 0 Å². The van der Waals surface area contributed by atoms with Gasteiger partial charge in [-0.1, -0.05) is 17.7 Å². The smallest absolute Gasteiger partial charge is 0.351 e. The van der Waals surface area contributed by atoms with Gasteiger partial charge in [0.2, 0.25) is 0 Å². The van der Waals surface area contributed by atoms with Crippen molar-refractivity contribution >= 4 is 28.8 Å². The first-order valence-corrected chi connectivity index (χ1v) is 10.6. The predicted molar refractivity (Wildman–Crippen MR) is 109 cm³/mol. The van der Waals surface area contributed by atoms with Crippen LogP contribution in [0.25, 0.3) is 5.69 Å². The fourth-order valence-electron chi connectivity index (χ4n) is 3.51. The molecule has 1 N–H and O–H groups in total. The van der Waals surface area contributed by atoms with Gasteiger partial charge >= 0.3 is 6.18 Å². The Balaban J connectivity index is 1.46. The highest BCUT2D eigenvalue weighted by Crippen LogP contribution is 2.34. The van der Waals surface area contributed by atoms with Crippen molar-refractivity contribution in [2.24, 2.45) is 0 Å². The maximum Gasteiger partial charge on any atom is 0.434 e. The van der Waals surface area contributed by atoms with E-state index in [0.717, 1.165) is 25.7 Å². The molecule has 4 rings (SSSR count). The first-order chi connectivity index (χ1) is 14.3. The Bertz CT molecular complexity index is 1060. The van der Waals surface area contributed by atoms with Gasteiger partial charge in [0.25, 0.3) is 5.91 Å². The molecule has 158 valence electrons. The molecule has 0 radical (unpaired) electrons. The van der Waals surface area contributed by atoms with Crippen LogP contribution in [0.1, 0.15) is 26.5 Å². The molecule has 0 bridgehead atoms. The first kappa shape index (κ1) is 20.9. The van der Waals surface area contributed by atoms with E-state index in [1.54, 1.807) is 17.4 Å². The minimum absolute atomic E-state index is 0.133. The summed E-state index contributed by atoms with van der Waals surface area (Å²) >= 11 is 7.63. The van der Waals surface area contributed by atoms with Crippen LogP contribution in [0.5, 0.6) is 0 Å². The molecule has 30 heavy (non-hydrogen) atoms. The summed E-state index contributed by atoms with van der Waals surface area (Å²) in [5, 5.41) is 8.73. The van der Waals surface area contributed by atoms with E-state index in [1.165, 1.54) is 28.6 Å². The van der Waals surface area contributed by atoms with Gasteiger partial charge < -0.3 is 5.32 Å². The lowest BCUT2D eigenvalue weighted by molar-refractivity contribution is -0.143. The van der Waals surface area contributed by atoms with E-state index in [9.17, 15) is 18.0 Å². The molecule has 0 aliphatic carbocycles. The molecule has 2 aromatic heterocycles. The predicted octanol–water partition coefficient (Wildman–Crippen LogP) is 4.39. The molecule has 3 aromatic rings. The summed E-state index contributed by atoms with van der Waals surface area (Å²) in [5.74, 6) is -0.802. The van der Waals surface area contributed by atoms with Gasteiger partial charge in [0.1, 0.15) is 0 Å². The van der Waals surface area contributed by atoms with Crippen LogP contribution >= 0.6 is 22.9 Å². The number of halogens is 4. The molecular formula is C20H18ClF3N4OS. The number of hydrogen-bond donors (Lipinski definition) is 1. The second-order valence-corrected chi connectivity index (χ2v) is 8.38. The maximum absolute atomic E-state index is 13.7. The summed E-state index contributed by atoms with van der Waals surface area (Å²) in [4.78, 5) is 16.1. The molecule has 0 saturated carbocycles. The van der Waals surface area contributed by atoms with Crippen molar-refractivity contribution in [2.45, 2.75) is 19.1 Å². The first-order valence-electron chi connectivity index (χ1n) is 9.30. The largest absolute Gasteiger partial charge is 0.434 e. The van der Waals surface area contributed by atoms with Crippen LogP contribution < -0.4 is 5.32 Å². The summed E-state index contributed by atoms with van der Waals surface area (Å²) in [5.41, 5.74) is -0.224. The van der Waals surface area contributed by atoms with E-state index in [-0.39, 0.29) is 17.3 Å². The average Bonchev–Trinajstić information content (AvgIpc) is 3.34. The number of benzene rings is 1. The molecule has 5 nitrogen and oxygen atoms in total. The molecule has 1 aromatic carbocycles. The normalized spacial score (nSPS) is 14.5. The van der Waals surface area contributed by atoms with Crippen LogP contribution in [0.2, 0.25) is 5.02 Å². The zero-order valence-corrected chi connectivity index (χ0v) is 17.3. The van der Waals surface area contributed by atoms with Gasteiger partial charge in [-0.2, -0.15) is 18.3 Å². The molecule has 3 heterocycles. The molecule has 1 aliphatic rings. The van der Waals surface area contributed by atoms with E-state index < -0.39 is 23.3 Å². The quantitative estimate of drug-likeness (QED) is 0.622. The van der Waals surface area contributed by atoms with Crippen molar-refractivity contribution in [1.82, 2.24) is 20.0 Å². The van der Waals surface area contributed by atoms with Gasteiger partial charge in [-0.15, -0.1) is 11.3 Å². The van der Waals surface area contributed by atoms with Gasteiger partial charge in [-0.25, -0.2) is 4.68 Å². The second kappa shape index (κ2) is 8.41. The fourth-order valence-corrected chi connectivity index (χ4v) is 4.59. The molecule has 0 unspecified atom stereocenters. The van der Waals surface area contributed by atoms with E-state index in [2.05, 4.69) is 26.8 Å². The third-order valence-corrected chi connectivity index (χ3v) is 6.19. The maximum atomic E-state index is 13.7. The number of nitrogens with one attached hydrogen (secondary N) is 1. The monoisotopic (exact) mass is 454 g/mol. The van der Waals surface area contributed by atoms with Crippen LogP contribution in [0, 0.1) is 0 Å². The Morgan fingerprint density at radius 1 is 1.30 bits per heavy atom. The van der Waals surface area contributed by atoms with Crippen LogP contribution in [0.3, 0.4) is 0 Å². The number of hydrogen-bond acceptors (Lipinski definition) is 4. The molecule has 0 atom stereocenters. The third kappa shape index (κ3) is 4.38. The van der Waals surface area contributed by atoms with E-state index in [4.69, 9.17) is 11.6 Å². The SMILES string of the molecule is O=C(NCCN1CCc2sccc2C1)c1cnn(-c2cccc(Cl)c2)c1C(F)(F)F. The van der Waals surface area contributed by atoms with Crippen LogP contribution in [0.4, 0.5) is 13.2 Å². The van der Waals surface area contributed by atoms with Crippen molar-refractivity contribution in [1.29, 1.82) is 0 Å². The van der Waals surface area contributed by atoms with Gasteiger partial charge in [-0.05, 0) is 41.6 Å². The number of alkyl halides is 3. The lowest BCUT2D eigenvalue weighted by Crippen LogP contribution is -2.37. The molecule has 1 aliphatic heterocycles. The van der Waals surface area contributed by atoms with Crippen LogP contribution in [-0.2, 0) is 19.1 Å². The van der Waals surface area contributed by atoms with Crippen LogP contribution in [-0.4, -0.2) is 40.2 Å². The lowest BCUT2D eigenvalue weighted by atomic mass is 10.1. The highest BCUT2D eigenvalue weighted by Gasteiger charge is 2.40. The Labute approximate surface area is 180 Å². The molecular weight excluding hydrogens is 437 g/mol. The van der Waals surface area contributed by atoms with Gasteiger partial charge in [0, 0.05) is 36.1 Å². The number of nitrogens with zero attached hydrogens (tertiary/aromatic N) is 3. The molecule has 0 fully saturated rings. The van der Waals surface area contributed by atoms with E-state index >= 15 is 0 Å². The summed E-state index contributed by atoms with van der Waals surface area (Å²) < 4.78 is 41.9. The van der Waals surface area contributed by atoms with Crippen molar-refractivity contribution in [3.05, 3.63) is 68.6 Å². The van der Waals surface area contributed by atoms with Gasteiger partial charge in [-0.3, -0.25) is 9.69 Å². The minimum Gasteiger partial charge on any atom is -0.351 e. The standard InChI is InChI=1S/C20H18ClF3N4OS/c21-14-2-1-3-15(10-14)28-18(20(22,23)24)16(11-26-28)19(29)25-6-8-27-7-4-17-13(12-27)5-9-30-17/h1-3,5,9-11H,4,6-8,12H2,(H,25,29). The molecule has 0 saturated heterocycles. The number of thiophene rings is 1. The number of amides is 1. The summed E-state index contributed by atoms with van der Waals surface area (Å²) in [6.07, 6.45) is -2.86. The molecule has 10 heteroatoms. The highest BCUT2D eigenvalue weighted by atomic mass is 35.5. The van der Waals surface area contributed by atoms with Crippen molar-refractivity contribution in [3.8, 4) is 5.69 Å². The lowest BCUT2D eigenvalue weighted by Gasteiger charge is -2.26. The van der Waals surface area contributed by atoms with Crippen molar-refractivity contribution in [2.75, 3.05) is 19.6 Å². The van der Waals surface area contributed by atoms with Gasteiger partial charge in [0.15, 0.2) is 5.69 Å². The zero-order chi connectivity index (χ0) is 21.3. The highest BCUT2D eigenvalue weighted by molar-refractivity contribution is 7.10. The summed E-state index contributed by atoms with van der Waals surface area (Å²) in [6.45, 7) is 2.46. The second-order valence-electron chi connectivity index (χ2n) is 6.95. The topological polar surface area (TPSA) is 50.2 Å². The summed E-state index contributed by atoms with van der Waals surface area (Å²) in [6, 6.07) is 7.97. The van der Waals surface area contributed by atoms with Crippen molar-refractivity contribution in [3.63, 3.8) is 0 Å². The molecule has 1 amide bonds. The Hall–Kier alpha value is -2.36. The average molecular weight is 455 g/mol. The van der Waals surface area contributed by atoms with E-state index in [0.29, 0.717) is 11.2 Å². The van der Waals surface area contributed by atoms with Crippen molar-refractivity contribution < 1.29 is 18.0 Å². The molecule has 0 spiro atoms. The Kier molecular flexibility index (Phi) is 5.86. The fraction of sp³-hybridized carbons (Fsp3) is 0.300. The number of carbonyl (C=O) groups excluding carboxylic acids is 1. The Morgan fingerprint density at radius 2 is 2.13 bits per heavy atom. The van der Waals surface area contributed by atoms with Gasteiger partial charge in [0.05, 0.1) is 17.4 Å². The number of fused-ring (bicyclic) bond motifs is 1. The Morgan fingerprint density at radius 3 is 2.90 bits per heavy atom. The number of carbonyl (C=O) groups is 1. The number of rotatable bonds is 5. The summed E-state index contributed by atoms with van der Waals surface area (Å²) in [7, 11) is 0. The van der Waals surface area contributed by atoms with Crippen LogP contribution in [0.15, 0.2) is 41.9 Å².